The molecule has 0 saturated carbocycles. The Morgan fingerprint density at radius 3 is 2.89 bits per heavy atom. The summed E-state index contributed by atoms with van der Waals surface area (Å²) < 4.78 is 3.11. The predicted octanol–water partition coefficient (Wildman–Crippen LogP) is 1.45. The summed E-state index contributed by atoms with van der Waals surface area (Å²) >= 11 is 0. The minimum absolute atomic E-state index is 0.0347. The van der Waals surface area contributed by atoms with Crippen molar-refractivity contribution >= 4 is 17.7 Å². The van der Waals surface area contributed by atoms with Crippen LogP contribution in [0.3, 0.4) is 0 Å². The lowest BCUT2D eigenvalue weighted by atomic mass is 10.2. The van der Waals surface area contributed by atoms with Crippen molar-refractivity contribution in [1.82, 2.24) is 34.5 Å². The highest BCUT2D eigenvalue weighted by Gasteiger charge is 2.13. The van der Waals surface area contributed by atoms with Gasteiger partial charge in [0.1, 0.15) is 12.4 Å². The van der Waals surface area contributed by atoms with Crippen molar-refractivity contribution < 1.29 is 4.79 Å². The fourth-order valence-electron chi connectivity index (χ4n) is 2.69. The molecule has 10 heteroatoms. The first-order valence-corrected chi connectivity index (χ1v) is 8.48. The van der Waals surface area contributed by atoms with E-state index < -0.39 is 0 Å². The number of rotatable bonds is 5. The number of aryl methyl sites for hydroxylation is 1. The lowest BCUT2D eigenvalue weighted by Gasteiger charge is -2.08. The average molecular weight is 375 g/mol. The SMILES string of the molecule is Cc1cc(NC(=O)Cn2cc(-c3ccnc(N)n3)cn2)n(-c2ccccn2)n1. The van der Waals surface area contributed by atoms with Crippen LogP contribution in [0.15, 0.2) is 55.1 Å². The van der Waals surface area contributed by atoms with Crippen LogP contribution in [-0.2, 0) is 11.3 Å². The van der Waals surface area contributed by atoms with E-state index in [0.29, 0.717) is 17.3 Å². The van der Waals surface area contributed by atoms with Gasteiger partial charge in [-0.15, -0.1) is 0 Å². The fraction of sp³-hybridized carbons (Fsp3) is 0.111. The lowest BCUT2D eigenvalue weighted by molar-refractivity contribution is -0.116. The molecule has 3 N–H and O–H groups in total. The summed E-state index contributed by atoms with van der Waals surface area (Å²) in [6.45, 7) is 1.88. The van der Waals surface area contributed by atoms with Gasteiger partial charge in [-0.05, 0) is 25.1 Å². The van der Waals surface area contributed by atoms with Crippen LogP contribution in [-0.4, -0.2) is 40.4 Å². The average Bonchev–Trinajstić information content (AvgIpc) is 3.29. The van der Waals surface area contributed by atoms with Gasteiger partial charge in [0.15, 0.2) is 5.82 Å². The predicted molar refractivity (Wildman–Crippen MR) is 102 cm³/mol. The third kappa shape index (κ3) is 3.70. The molecule has 0 radical (unpaired) electrons. The zero-order chi connectivity index (χ0) is 19.5. The van der Waals surface area contributed by atoms with Gasteiger partial charge in [-0.25, -0.2) is 15.0 Å². The second kappa shape index (κ2) is 7.27. The van der Waals surface area contributed by atoms with Gasteiger partial charge in [-0.3, -0.25) is 9.48 Å². The number of nitrogens with one attached hydrogen (secondary N) is 1. The quantitative estimate of drug-likeness (QED) is 0.540. The number of carbonyl (C=O) groups excluding carboxylic acids is 1. The molecule has 0 aliphatic heterocycles. The van der Waals surface area contributed by atoms with Crippen LogP contribution in [0.25, 0.3) is 17.1 Å². The minimum Gasteiger partial charge on any atom is -0.368 e. The molecule has 0 bridgehead atoms. The van der Waals surface area contributed by atoms with Crippen molar-refractivity contribution in [1.29, 1.82) is 0 Å². The molecule has 1 amide bonds. The van der Waals surface area contributed by atoms with Gasteiger partial charge in [0, 0.05) is 30.2 Å². The zero-order valence-electron chi connectivity index (χ0n) is 15.0. The first-order chi connectivity index (χ1) is 13.6. The third-order valence-electron chi connectivity index (χ3n) is 3.87. The van der Waals surface area contributed by atoms with Crippen LogP contribution in [0.1, 0.15) is 5.69 Å². The molecule has 4 aromatic rings. The monoisotopic (exact) mass is 375 g/mol. The molecule has 0 aromatic carbocycles. The summed E-state index contributed by atoms with van der Waals surface area (Å²) in [4.78, 5) is 24.8. The number of anilines is 2. The van der Waals surface area contributed by atoms with Crippen molar-refractivity contribution in [3.63, 3.8) is 0 Å². The van der Waals surface area contributed by atoms with E-state index in [9.17, 15) is 4.79 Å². The molecule has 4 aromatic heterocycles. The van der Waals surface area contributed by atoms with E-state index in [1.165, 1.54) is 4.68 Å². The van der Waals surface area contributed by atoms with Gasteiger partial charge >= 0.3 is 0 Å². The van der Waals surface area contributed by atoms with E-state index in [1.807, 2.05) is 25.1 Å². The van der Waals surface area contributed by atoms with E-state index in [0.717, 1.165) is 11.3 Å². The number of aromatic nitrogens is 7. The van der Waals surface area contributed by atoms with Crippen molar-refractivity contribution in [2.45, 2.75) is 13.5 Å². The van der Waals surface area contributed by atoms with Crippen molar-refractivity contribution in [3.05, 3.63) is 60.8 Å². The molecule has 28 heavy (non-hydrogen) atoms. The van der Waals surface area contributed by atoms with Gasteiger partial charge < -0.3 is 11.1 Å². The molecule has 0 fully saturated rings. The molecule has 4 rings (SSSR count). The first-order valence-electron chi connectivity index (χ1n) is 8.48. The number of carbonyl (C=O) groups is 1. The van der Waals surface area contributed by atoms with Crippen LogP contribution >= 0.6 is 0 Å². The number of nitrogens with zero attached hydrogens (tertiary/aromatic N) is 7. The molecular weight excluding hydrogens is 358 g/mol. The second-order valence-corrected chi connectivity index (χ2v) is 6.05. The summed E-state index contributed by atoms with van der Waals surface area (Å²) in [6, 6.07) is 9.00. The normalized spacial score (nSPS) is 10.8. The maximum Gasteiger partial charge on any atom is 0.247 e. The molecule has 10 nitrogen and oxygen atoms in total. The van der Waals surface area contributed by atoms with E-state index in [2.05, 4.69) is 30.5 Å². The molecule has 0 aliphatic carbocycles. The maximum atomic E-state index is 12.5. The van der Waals surface area contributed by atoms with E-state index in [1.54, 1.807) is 41.6 Å². The topological polar surface area (TPSA) is 129 Å². The fourth-order valence-corrected chi connectivity index (χ4v) is 2.69. The van der Waals surface area contributed by atoms with Gasteiger partial charge in [-0.1, -0.05) is 6.07 Å². The van der Waals surface area contributed by atoms with Crippen LogP contribution < -0.4 is 11.1 Å². The molecule has 0 unspecified atom stereocenters. The maximum absolute atomic E-state index is 12.5. The summed E-state index contributed by atoms with van der Waals surface area (Å²) in [6.07, 6.45) is 6.59. The Morgan fingerprint density at radius 2 is 2.11 bits per heavy atom. The summed E-state index contributed by atoms with van der Waals surface area (Å²) in [7, 11) is 0. The molecule has 0 aliphatic rings. The van der Waals surface area contributed by atoms with Crippen molar-refractivity contribution in [2.24, 2.45) is 0 Å². The zero-order valence-corrected chi connectivity index (χ0v) is 15.0. The highest BCUT2D eigenvalue weighted by Crippen LogP contribution is 2.17. The lowest BCUT2D eigenvalue weighted by Crippen LogP contribution is -2.21. The standard InChI is InChI=1S/C18H17N9O/c1-12-8-16(27(25-12)15-4-2-3-6-20-15)24-17(28)11-26-10-13(9-22-26)14-5-7-21-18(19)23-14/h2-10H,11H2,1H3,(H,24,28)(H2,19,21,23). The molecular formula is C18H17N9O. The number of hydrogen-bond acceptors (Lipinski definition) is 7. The van der Waals surface area contributed by atoms with E-state index >= 15 is 0 Å². The number of amides is 1. The molecule has 4 heterocycles. The summed E-state index contributed by atoms with van der Waals surface area (Å²) in [5.41, 5.74) is 7.76. The van der Waals surface area contributed by atoms with Crippen LogP contribution in [0, 0.1) is 6.92 Å². The Labute approximate surface area is 160 Å². The number of nitrogen functional groups attached to an aromatic ring is 1. The Balaban J connectivity index is 1.49. The Hall–Kier alpha value is -4.08. The molecule has 140 valence electrons. The first kappa shape index (κ1) is 17.3. The largest absolute Gasteiger partial charge is 0.368 e. The Bertz CT molecular complexity index is 1120. The van der Waals surface area contributed by atoms with Crippen LogP contribution in [0.2, 0.25) is 0 Å². The highest BCUT2D eigenvalue weighted by molar-refractivity contribution is 5.90. The summed E-state index contributed by atoms with van der Waals surface area (Å²) in [5, 5.41) is 11.4. The molecule has 0 spiro atoms. The van der Waals surface area contributed by atoms with Gasteiger partial charge in [-0.2, -0.15) is 14.9 Å². The smallest absolute Gasteiger partial charge is 0.247 e. The van der Waals surface area contributed by atoms with E-state index in [-0.39, 0.29) is 18.4 Å². The van der Waals surface area contributed by atoms with Gasteiger partial charge in [0.05, 0.1) is 17.6 Å². The molecule has 0 atom stereocenters. The van der Waals surface area contributed by atoms with Crippen molar-refractivity contribution in [3.8, 4) is 17.1 Å². The van der Waals surface area contributed by atoms with Crippen LogP contribution in [0.5, 0.6) is 0 Å². The molecule has 0 saturated heterocycles. The van der Waals surface area contributed by atoms with E-state index in [4.69, 9.17) is 5.73 Å². The number of hydrogen-bond donors (Lipinski definition) is 2. The third-order valence-corrected chi connectivity index (χ3v) is 3.87. The minimum atomic E-state index is -0.242. The Kier molecular flexibility index (Phi) is 4.50. The highest BCUT2D eigenvalue weighted by atomic mass is 16.2. The van der Waals surface area contributed by atoms with Crippen LogP contribution in [0.4, 0.5) is 11.8 Å². The van der Waals surface area contributed by atoms with Gasteiger partial charge in [0.2, 0.25) is 11.9 Å². The Morgan fingerprint density at radius 1 is 1.21 bits per heavy atom. The number of nitrogens with two attached hydrogens (primary N) is 1. The number of pyridine rings is 1. The summed E-state index contributed by atoms with van der Waals surface area (Å²) in [5.74, 6) is 1.10. The van der Waals surface area contributed by atoms with Crippen molar-refractivity contribution in [2.75, 3.05) is 11.1 Å². The second-order valence-electron chi connectivity index (χ2n) is 6.05. The van der Waals surface area contributed by atoms with Gasteiger partial charge in [0.25, 0.3) is 0 Å².